The van der Waals surface area contributed by atoms with Crippen LogP contribution in [0.5, 0.6) is 0 Å². The van der Waals surface area contributed by atoms with E-state index in [1.807, 2.05) is 47.0 Å². The summed E-state index contributed by atoms with van der Waals surface area (Å²) in [7, 11) is 0. The molecule has 2 aliphatic rings. The molecule has 2 nitrogen and oxygen atoms in total. The fraction of sp³-hybridized carbons (Fsp3) is 0.625. The van der Waals surface area contributed by atoms with Gasteiger partial charge in [-0.15, -0.1) is 58.8 Å². The van der Waals surface area contributed by atoms with Crippen molar-refractivity contribution in [3.8, 4) is 0 Å². The van der Waals surface area contributed by atoms with Crippen LogP contribution in [0.2, 0.25) is 0 Å². The highest BCUT2D eigenvalue weighted by Gasteiger charge is 2.30. The number of carbonyl (C=O) groups excluding carboxylic acids is 2. The molecule has 2 rings (SSSR count). The van der Waals surface area contributed by atoms with Crippen LogP contribution < -0.4 is 0 Å². The third-order valence-corrected chi connectivity index (χ3v) is 14.9. The van der Waals surface area contributed by atoms with E-state index < -0.39 is 0 Å². The van der Waals surface area contributed by atoms with Gasteiger partial charge in [-0.2, -0.15) is 0 Å². The van der Waals surface area contributed by atoms with Crippen molar-refractivity contribution in [1.82, 2.24) is 0 Å². The number of thioether (sulfide) groups is 7. The van der Waals surface area contributed by atoms with E-state index in [4.69, 9.17) is 0 Å². The lowest BCUT2D eigenvalue weighted by atomic mass is 10.4. The van der Waals surface area contributed by atoms with Crippen LogP contribution in [0.25, 0.3) is 0 Å². The van der Waals surface area contributed by atoms with Crippen LogP contribution in [0, 0.1) is 0 Å². The maximum atomic E-state index is 11.8. The molecule has 0 saturated carbocycles. The van der Waals surface area contributed by atoms with E-state index in [2.05, 4.69) is 24.9 Å². The minimum atomic E-state index is 0.122. The first kappa shape index (κ1) is 22.6. The normalized spacial score (nSPS) is 29.8. The summed E-state index contributed by atoms with van der Waals surface area (Å²) in [6.45, 7) is 11.0. The SMILES string of the molecule is C=C(C)C(=O)SC1CSC(SC2CSC(SC(=O)C(=C)C)CS2)CS1. The largest absolute Gasteiger partial charge is 0.282 e. The Labute approximate surface area is 180 Å². The van der Waals surface area contributed by atoms with Crippen LogP contribution in [-0.4, -0.2) is 51.6 Å². The Bertz CT molecular complexity index is 475. The Kier molecular flexibility index (Phi) is 10.2. The van der Waals surface area contributed by atoms with Crippen LogP contribution in [0.15, 0.2) is 24.3 Å². The molecule has 9 heteroatoms. The van der Waals surface area contributed by atoms with Gasteiger partial charge in [0.25, 0.3) is 0 Å². The number of rotatable bonds is 6. The molecule has 0 radical (unpaired) electrons. The smallest absolute Gasteiger partial charge is 0.215 e. The average Bonchev–Trinajstić information content (AvgIpc) is 2.58. The van der Waals surface area contributed by atoms with Crippen molar-refractivity contribution in [2.24, 2.45) is 0 Å². The molecule has 2 aliphatic heterocycles. The summed E-state index contributed by atoms with van der Waals surface area (Å²) < 4.78 is 1.91. The molecule has 2 heterocycles. The maximum Gasteiger partial charge on any atom is 0.215 e. The Morgan fingerprint density at radius 2 is 1.04 bits per heavy atom. The molecule has 0 spiro atoms. The van der Waals surface area contributed by atoms with Gasteiger partial charge in [0.2, 0.25) is 10.2 Å². The highest BCUT2D eigenvalue weighted by molar-refractivity contribution is 8.31. The van der Waals surface area contributed by atoms with Crippen molar-refractivity contribution in [3.63, 3.8) is 0 Å². The first-order valence-corrected chi connectivity index (χ1v) is 14.6. The van der Waals surface area contributed by atoms with Crippen LogP contribution >= 0.6 is 82.3 Å². The molecule has 25 heavy (non-hydrogen) atoms. The molecule has 0 aromatic rings. The van der Waals surface area contributed by atoms with E-state index in [1.54, 1.807) is 13.8 Å². The van der Waals surface area contributed by atoms with Gasteiger partial charge in [-0.05, 0) is 25.0 Å². The van der Waals surface area contributed by atoms with E-state index in [1.165, 1.54) is 23.5 Å². The van der Waals surface area contributed by atoms with Gasteiger partial charge in [0.1, 0.15) is 0 Å². The van der Waals surface area contributed by atoms with Crippen molar-refractivity contribution in [2.75, 3.05) is 23.0 Å². The number of carbonyl (C=O) groups is 2. The zero-order valence-corrected chi connectivity index (χ0v) is 19.9. The van der Waals surface area contributed by atoms with E-state index in [0.29, 0.717) is 29.5 Å². The van der Waals surface area contributed by atoms with Gasteiger partial charge in [0.15, 0.2) is 0 Å². The van der Waals surface area contributed by atoms with Gasteiger partial charge >= 0.3 is 0 Å². The topological polar surface area (TPSA) is 34.1 Å². The quantitative estimate of drug-likeness (QED) is 0.457. The number of hydrogen-bond acceptors (Lipinski definition) is 9. The molecule has 0 bridgehead atoms. The van der Waals surface area contributed by atoms with Gasteiger partial charge in [0.05, 0.1) is 18.3 Å². The fourth-order valence-corrected chi connectivity index (χ4v) is 12.8. The van der Waals surface area contributed by atoms with E-state index in [-0.39, 0.29) is 10.2 Å². The maximum absolute atomic E-state index is 11.8. The molecule has 0 aliphatic carbocycles. The fourth-order valence-electron chi connectivity index (χ4n) is 1.84. The highest BCUT2D eigenvalue weighted by atomic mass is 32.2. The van der Waals surface area contributed by atoms with E-state index in [0.717, 1.165) is 23.0 Å². The summed E-state index contributed by atoms with van der Waals surface area (Å²) in [4.78, 5) is 23.5. The predicted octanol–water partition coefficient (Wildman–Crippen LogP) is 5.66. The van der Waals surface area contributed by atoms with Crippen molar-refractivity contribution >= 4 is 92.6 Å². The first-order chi connectivity index (χ1) is 11.8. The lowest BCUT2D eigenvalue weighted by molar-refractivity contribution is -0.108. The molecule has 4 atom stereocenters. The molecule has 2 fully saturated rings. The molecule has 0 N–H and O–H groups in total. The van der Waals surface area contributed by atoms with Gasteiger partial charge in [0, 0.05) is 23.0 Å². The molecule has 140 valence electrons. The molecule has 0 amide bonds. The Hall–Kier alpha value is 1.27. The van der Waals surface area contributed by atoms with Crippen molar-refractivity contribution in [3.05, 3.63) is 24.3 Å². The average molecular weight is 471 g/mol. The van der Waals surface area contributed by atoms with Gasteiger partial charge in [-0.1, -0.05) is 36.7 Å². The Morgan fingerprint density at radius 3 is 1.32 bits per heavy atom. The second-order valence-electron chi connectivity index (χ2n) is 5.56. The predicted molar refractivity (Wildman–Crippen MR) is 127 cm³/mol. The van der Waals surface area contributed by atoms with Crippen molar-refractivity contribution < 1.29 is 9.59 Å². The van der Waals surface area contributed by atoms with Crippen LogP contribution in [0.1, 0.15) is 13.8 Å². The molecule has 0 aromatic heterocycles. The minimum absolute atomic E-state index is 0.122. The Balaban J connectivity index is 1.65. The van der Waals surface area contributed by atoms with Gasteiger partial charge in [-0.3, -0.25) is 9.59 Å². The second-order valence-corrected chi connectivity index (χ2v) is 15.5. The molecule has 0 aromatic carbocycles. The molecular formula is C16H22O2S7. The van der Waals surface area contributed by atoms with Crippen LogP contribution in [-0.2, 0) is 9.59 Å². The standard InChI is InChI=1S/C16H22O2S7/c1-9(2)15(17)24-13-7-19-11(5-21-13)23-12-6-22-14(8-20-12)25-16(18)10(3)4/h11-14H,1,3,5-8H2,2,4H3. The van der Waals surface area contributed by atoms with Crippen molar-refractivity contribution in [1.29, 1.82) is 0 Å². The summed E-state index contributed by atoms with van der Waals surface area (Å²) in [5.41, 5.74) is 1.28. The second kappa shape index (κ2) is 11.3. The van der Waals surface area contributed by atoms with Gasteiger partial charge in [-0.25, -0.2) is 0 Å². The minimum Gasteiger partial charge on any atom is -0.282 e. The van der Waals surface area contributed by atoms with E-state index in [9.17, 15) is 9.59 Å². The van der Waals surface area contributed by atoms with Crippen LogP contribution in [0.4, 0.5) is 0 Å². The number of hydrogen-bond donors (Lipinski definition) is 0. The molecule has 2 saturated heterocycles. The molecule has 4 unspecified atom stereocenters. The molecular weight excluding hydrogens is 449 g/mol. The first-order valence-electron chi connectivity index (χ1n) is 7.70. The zero-order valence-electron chi connectivity index (χ0n) is 14.2. The monoisotopic (exact) mass is 470 g/mol. The summed E-state index contributed by atoms with van der Waals surface area (Å²) in [6.07, 6.45) is 0. The lowest BCUT2D eigenvalue weighted by Gasteiger charge is -2.32. The summed E-state index contributed by atoms with van der Waals surface area (Å²) in [5, 5.41) is 0.243. The zero-order chi connectivity index (χ0) is 18.4. The summed E-state index contributed by atoms with van der Waals surface area (Å²) >= 11 is 12.7. The summed E-state index contributed by atoms with van der Waals surface area (Å²) in [6, 6.07) is 0. The summed E-state index contributed by atoms with van der Waals surface area (Å²) in [5.74, 6) is 4.21. The lowest BCUT2D eigenvalue weighted by Crippen LogP contribution is -2.23. The highest BCUT2D eigenvalue weighted by Crippen LogP contribution is 2.47. The Morgan fingerprint density at radius 1 is 0.720 bits per heavy atom. The third-order valence-electron chi connectivity index (χ3n) is 3.15. The van der Waals surface area contributed by atoms with Crippen LogP contribution in [0.3, 0.4) is 0 Å². The van der Waals surface area contributed by atoms with Crippen molar-refractivity contribution in [2.45, 2.75) is 32.2 Å². The third kappa shape index (κ3) is 8.03. The van der Waals surface area contributed by atoms with E-state index >= 15 is 0 Å². The van der Waals surface area contributed by atoms with Gasteiger partial charge < -0.3 is 0 Å².